The molecule has 6 heteroatoms. The van der Waals surface area contributed by atoms with Crippen LogP contribution in [0.4, 0.5) is 0 Å². The zero-order valence-corrected chi connectivity index (χ0v) is 11.7. The smallest absolute Gasteiger partial charge is 0.346 e. The van der Waals surface area contributed by atoms with Gasteiger partial charge in [0.05, 0.1) is 18.4 Å². The van der Waals surface area contributed by atoms with Crippen LogP contribution in [0.5, 0.6) is 0 Å². The Morgan fingerprint density at radius 3 is 2.57 bits per heavy atom. The summed E-state index contributed by atoms with van der Waals surface area (Å²) >= 11 is 1.18. The Labute approximate surface area is 123 Å². The van der Waals surface area contributed by atoms with Crippen LogP contribution in [0.15, 0.2) is 24.3 Å². The average molecular weight is 301 g/mol. The van der Waals surface area contributed by atoms with Gasteiger partial charge in [0.15, 0.2) is 0 Å². The van der Waals surface area contributed by atoms with Crippen LogP contribution in [-0.2, 0) is 16.1 Å². The molecular weight excluding hydrogens is 290 g/mol. The van der Waals surface area contributed by atoms with Crippen LogP contribution in [-0.4, -0.2) is 27.8 Å². The lowest BCUT2D eigenvalue weighted by molar-refractivity contribution is -0.142. The van der Waals surface area contributed by atoms with Crippen LogP contribution in [0.3, 0.4) is 0 Å². The summed E-state index contributed by atoms with van der Waals surface area (Å²) in [5.74, 6) is -1.64. The van der Waals surface area contributed by atoms with E-state index < -0.39 is 5.97 Å². The van der Waals surface area contributed by atoms with Gasteiger partial charge in [0.2, 0.25) is 11.8 Å². The molecule has 1 N–H and O–H groups in total. The van der Waals surface area contributed by atoms with Crippen molar-refractivity contribution in [1.29, 1.82) is 0 Å². The second kappa shape index (κ2) is 4.14. The lowest BCUT2D eigenvalue weighted by atomic mass is 10.1. The van der Waals surface area contributed by atoms with E-state index in [-0.39, 0.29) is 35.1 Å². The fourth-order valence-electron chi connectivity index (χ4n) is 2.99. The fraction of sp³-hybridized carbons (Fsp3) is 0.267. The first kappa shape index (κ1) is 12.5. The molecule has 0 bridgehead atoms. The molecule has 1 aromatic heterocycles. The lowest BCUT2D eigenvalue weighted by Crippen LogP contribution is -2.32. The van der Waals surface area contributed by atoms with Crippen molar-refractivity contribution in [2.24, 2.45) is 11.8 Å². The van der Waals surface area contributed by atoms with E-state index in [4.69, 9.17) is 0 Å². The molecule has 2 aromatic rings. The zero-order valence-electron chi connectivity index (χ0n) is 10.9. The number of fused-ring (bicyclic) bond motifs is 2. The molecule has 2 heterocycles. The topological polar surface area (TPSA) is 74.7 Å². The van der Waals surface area contributed by atoms with Crippen LogP contribution in [0.25, 0.3) is 10.1 Å². The molecule has 1 aliphatic carbocycles. The lowest BCUT2D eigenvalue weighted by Gasteiger charge is -2.16. The van der Waals surface area contributed by atoms with Crippen LogP contribution in [0.1, 0.15) is 21.7 Å². The molecule has 2 atom stereocenters. The Hall–Kier alpha value is -2.21. The molecule has 1 aliphatic heterocycles. The van der Waals surface area contributed by atoms with Gasteiger partial charge in [-0.1, -0.05) is 18.2 Å². The second-order valence-corrected chi connectivity index (χ2v) is 6.47. The summed E-state index contributed by atoms with van der Waals surface area (Å²) in [5, 5.41) is 10.2. The molecule has 2 fully saturated rings. The van der Waals surface area contributed by atoms with Crippen molar-refractivity contribution in [1.82, 2.24) is 4.90 Å². The zero-order chi connectivity index (χ0) is 14.7. The molecule has 2 aliphatic rings. The number of likely N-dealkylation sites (tertiary alicyclic amines) is 1. The van der Waals surface area contributed by atoms with Crippen molar-refractivity contribution in [2.75, 3.05) is 0 Å². The van der Waals surface area contributed by atoms with Gasteiger partial charge in [0.25, 0.3) is 0 Å². The summed E-state index contributed by atoms with van der Waals surface area (Å²) in [4.78, 5) is 37.0. The van der Waals surface area contributed by atoms with Crippen LogP contribution < -0.4 is 0 Å². The monoisotopic (exact) mass is 301 g/mol. The molecule has 1 saturated heterocycles. The fourth-order valence-corrected chi connectivity index (χ4v) is 4.05. The number of amides is 2. The average Bonchev–Trinajstić information content (AvgIpc) is 3.13. The van der Waals surface area contributed by atoms with E-state index in [1.165, 1.54) is 16.2 Å². The number of carbonyl (C=O) groups excluding carboxylic acids is 2. The molecule has 1 aromatic carbocycles. The summed E-state index contributed by atoms with van der Waals surface area (Å²) in [5.41, 5.74) is 0.561. The quantitative estimate of drug-likeness (QED) is 0.881. The van der Waals surface area contributed by atoms with Crippen molar-refractivity contribution in [3.8, 4) is 0 Å². The molecule has 2 unspecified atom stereocenters. The molecule has 0 radical (unpaired) electrons. The highest BCUT2D eigenvalue weighted by Gasteiger charge is 2.58. The molecule has 2 amide bonds. The maximum absolute atomic E-state index is 12.1. The van der Waals surface area contributed by atoms with Crippen molar-refractivity contribution in [2.45, 2.75) is 13.0 Å². The number of aromatic carboxylic acids is 1. The third-order valence-electron chi connectivity index (χ3n) is 4.17. The Kier molecular flexibility index (Phi) is 2.47. The molecular formula is C15H11NO4S. The number of thiophene rings is 1. The Morgan fingerprint density at radius 2 is 1.90 bits per heavy atom. The van der Waals surface area contributed by atoms with E-state index in [1.807, 2.05) is 24.3 Å². The predicted octanol–water partition coefficient (Wildman–Crippen LogP) is 2.10. The largest absolute Gasteiger partial charge is 0.477 e. The van der Waals surface area contributed by atoms with Crippen molar-refractivity contribution >= 4 is 39.2 Å². The summed E-state index contributed by atoms with van der Waals surface area (Å²) in [6.45, 7) is 0.0658. The Balaban J connectivity index is 1.79. The number of carbonyl (C=O) groups is 3. The first-order valence-corrected chi connectivity index (χ1v) is 7.48. The second-order valence-electron chi connectivity index (χ2n) is 5.42. The first-order chi connectivity index (χ1) is 10.1. The van der Waals surface area contributed by atoms with Gasteiger partial charge in [-0.15, -0.1) is 11.3 Å². The van der Waals surface area contributed by atoms with E-state index in [9.17, 15) is 19.5 Å². The highest BCUT2D eigenvalue weighted by atomic mass is 32.1. The molecule has 4 rings (SSSR count). The van der Waals surface area contributed by atoms with Gasteiger partial charge in [-0.3, -0.25) is 14.5 Å². The number of hydrogen-bond donors (Lipinski definition) is 1. The molecule has 5 nitrogen and oxygen atoms in total. The standard InChI is InChI=1S/C15H11NO4S/c17-13-8-5-9(8)14(18)16(13)6-10-7-3-1-2-4-11(7)21-12(10)15(19)20/h1-4,8-9H,5-6H2,(H,19,20). The minimum absolute atomic E-state index is 0.0658. The summed E-state index contributed by atoms with van der Waals surface area (Å²) in [7, 11) is 0. The first-order valence-electron chi connectivity index (χ1n) is 6.67. The van der Waals surface area contributed by atoms with Crippen molar-refractivity contribution in [3.05, 3.63) is 34.7 Å². The number of nitrogens with zero attached hydrogens (tertiary/aromatic N) is 1. The van der Waals surface area contributed by atoms with E-state index >= 15 is 0 Å². The summed E-state index contributed by atoms with van der Waals surface area (Å²) < 4.78 is 0.856. The van der Waals surface area contributed by atoms with Crippen LogP contribution in [0.2, 0.25) is 0 Å². The normalized spacial score (nSPS) is 23.7. The number of benzene rings is 1. The number of carboxylic acids is 1. The maximum atomic E-state index is 12.1. The van der Waals surface area contributed by atoms with Gasteiger partial charge in [-0.05, 0) is 17.9 Å². The Morgan fingerprint density at radius 1 is 1.24 bits per heavy atom. The number of hydrogen-bond acceptors (Lipinski definition) is 4. The van der Waals surface area contributed by atoms with Crippen molar-refractivity contribution < 1.29 is 19.5 Å². The molecule has 1 saturated carbocycles. The number of carboxylic acid groups (broad SMARTS) is 1. The van der Waals surface area contributed by atoms with E-state index in [0.29, 0.717) is 12.0 Å². The Bertz CT molecular complexity index is 789. The van der Waals surface area contributed by atoms with Crippen molar-refractivity contribution in [3.63, 3.8) is 0 Å². The third-order valence-corrected chi connectivity index (χ3v) is 5.37. The number of piperidine rings is 1. The van der Waals surface area contributed by atoms with Gasteiger partial charge in [0.1, 0.15) is 4.88 Å². The summed E-state index contributed by atoms with van der Waals surface area (Å²) in [6, 6.07) is 7.35. The highest BCUT2D eigenvalue weighted by molar-refractivity contribution is 7.21. The van der Waals surface area contributed by atoms with Gasteiger partial charge in [-0.2, -0.15) is 0 Å². The molecule has 106 valence electrons. The SMILES string of the molecule is O=C(O)c1sc2ccccc2c1CN1C(=O)C2CC2C1=O. The van der Waals surface area contributed by atoms with Gasteiger partial charge < -0.3 is 5.11 Å². The van der Waals surface area contributed by atoms with Crippen LogP contribution in [0, 0.1) is 11.8 Å². The van der Waals surface area contributed by atoms with E-state index in [1.54, 1.807) is 0 Å². The minimum atomic E-state index is -1.02. The summed E-state index contributed by atoms with van der Waals surface area (Å²) in [6.07, 6.45) is 0.657. The van der Waals surface area contributed by atoms with Gasteiger partial charge in [0, 0.05) is 10.3 Å². The number of imide groups is 1. The van der Waals surface area contributed by atoms with E-state index in [2.05, 4.69) is 0 Å². The van der Waals surface area contributed by atoms with Crippen LogP contribution >= 0.6 is 11.3 Å². The molecule has 21 heavy (non-hydrogen) atoms. The maximum Gasteiger partial charge on any atom is 0.346 e. The van der Waals surface area contributed by atoms with Gasteiger partial charge in [-0.25, -0.2) is 4.79 Å². The third kappa shape index (κ3) is 1.72. The highest BCUT2D eigenvalue weighted by Crippen LogP contribution is 2.48. The number of rotatable bonds is 3. The van der Waals surface area contributed by atoms with E-state index in [0.717, 1.165) is 10.1 Å². The van der Waals surface area contributed by atoms with Gasteiger partial charge >= 0.3 is 5.97 Å². The molecule has 0 spiro atoms. The predicted molar refractivity (Wildman–Crippen MR) is 75.9 cm³/mol. The minimum Gasteiger partial charge on any atom is -0.477 e.